The van der Waals surface area contributed by atoms with Crippen LogP contribution >= 0.6 is 11.6 Å². The van der Waals surface area contributed by atoms with E-state index in [4.69, 9.17) is 21.1 Å². The van der Waals surface area contributed by atoms with E-state index in [2.05, 4.69) is 10.5 Å². The minimum absolute atomic E-state index is 0.00828. The number of amides is 1. The number of rotatable bonds is 10. The van der Waals surface area contributed by atoms with Crippen molar-refractivity contribution in [3.63, 3.8) is 0 Å². The van der Waals surface area contributed by atoms with E-state index < -0.39 is 22.5 Å². The van der Waals surface area contributed by atoms with Crippen molar-refractivity contribution >= 4 is 39.4 Å². The van der Waals surface area contributed by atoms with E-state index in [-0.39, 0.29) is 10.6 Å². The van der Waals surface area contributed by atoms with Crippen LogP contribution in [0.4, 0.5) is 5.69 Å². The molecule has 0 unspecified atom stereocenters. The molecule has 0 saturated carbocycles. The Bertz CT molecular complexity index is 1230. The number of hydrogen-bond donors (Lipinski definition) is 1. The van der Waals surface area contributed by atoms with Gasteiger partial charge in [-0.25, -0.2) is 13.8 Å². The van der Waals surface area contributed by atoms with E-state index in [1.54, 1.807) is 36.4 Å². The average molecular weight is 502 g/mol. The number of anilines is 1. The Morgan fingerprint density at radius 1 is 1.00 bits per heavy atom. The molecule has 3 aromatic rings. The van der Waals surface area contributed by atoms with Crippen LogP contribution in [0, 0.1) is 0 Å². The monoisotopic (exact) mass is 501 g/mol. The molecule has 0 atom stereocenters. The molecule has 0 aliphatic rings. The minimum atomic E-state index is -4.07. The van der Waals surface area contributed by atoms with Crippen molar-refractivity contribution in [2.45, 2.75) is 11.8 Å². The first-order chi connectivity index (χ1) is 16.3. The van der Waals surface area contributed by atoms with Gasteiger partial charge in [-0.15, -0.1) is 0 Å². The number of carbonyl (C=O) groups excluding carboxylic acids is 1. The van der Waals surface area contributed by atoms with Crippen LogP contribution in [0.5, 0.6) is 11.5 Å². The Kier molecular flexibility index (Phi) is 8.50. The number of halogens is 1. The highest BCUT2D eigenvalue weighted by Crippen LogP contribution is 2.26. The van der Waals surface area contributed by atoms with E-state index in [9.17, 15) is 13.2 Å². The van der Waals surface area contributed by atoms with Gasteiger partial charge in [-0.1, -0.05) is 11.6 Å². The Hall–Kier alpha value is -3.56. The lowest BCUT2D eigenvalue weighted by Crippen LogP contribution is -2.39. The van der Waals surface area contributed by atoms with Crippen LogP contribution in [0.15, 0.2) is 82.8 Å². The van der Waals surface area contributed by atoms with E-state index in [1.165, 1.54) is 49.7 Å². The molecule has 1 N–H and O–H groups in total. The summed E-state index contributed by atoms with van der Waals surface area (Å²) < 4.78 is 38.2. The lowest BCUT2D eigenvalue weighted by Gasteiger charge is -2.23. The van der Waals surface area contributed by atoms with Crippen molar-refractivity contribution in [2.75, 3.05) is 24.6 Å². The zero-order valence-corrected chi connectivity index (χ0v) is 20.2. The Morgan fingerprint density at radius 2 is 1.62 bits per heavy atom. The first kappa shape index (κ1) is 25.1. The Labute approximate surface area is 203 Å². The largest absolute Gasteiger partial charge is 0.497 e. The number of methoxy groups -OCH3 is 1. The molecule has 34 heavy (non-hydrogen) atoms. The molecular formula is C24H24ClN3O5S. The molecule has 3 aromatic carbocycles. The molecule has 0 radical (unpaired) electrons. The fourth-order valence-corrected chi connectivity index (χ4v) is 4.51. The SMILES string of the molecule is CCOc1ccc(/C=N\NC(=O)CN(c2ccc(Cl)cc2)S(=O)(=O)c2ccc(OC)cc2)cc1. The molecule has 0 aliphatic heterocycles. The second-order valence-corrected chi connectivity index (χ2v) is 9.26. The molecule has 0 saturated heterocycles. The second kappa shape index (κ2) is 11.5. The normalized spacial score (nSPS) is 11.3. The summed E-state index contributed by atoms with van der Waals surface area (Å²) in [7, 11) is -2.58. The predicted octanol–water partition coefficient (Wildman–Crippen LogP) is 4.09. The van der Waals surface area contributed by atoms with Gasteiger partial charge in [0, 0.05) is 5.02 Å². The molecule has 178 valence electrons. The molecule has 0 spiro atoms. The lowest BCUT2D eigenvalue weighted by atomic mass is 10.2. The van der Waals surface area contributed by atoms with Gasteiger partial charge >= 0.3 is 0 Å². The summed E-state index contributed by atoms with van der Waals surface area (Å²) in [6.07, 6.45) is 1.46. The highest BCUT2D eigenvalue weighted by Gasteiger charge is 2.27. The van der Waals surface area contributed by atoms with Crippen molar-refractivity contribution in [3.05, 3.63) is 83.4 Å². The molecule has 8 nitrogen and oxygen atoms in total. The summed E-state index contributed by atoms with van der Waals surface area (Å²) in [5, 5.41) is 4.37. The van der Waals surface area contributed by atoms with Crippen molar-refractivity contribution in [1.82, 2.24) is 5.43 Å². The molecule has 0 fully saturated rings. The van der Waals surface area contributed by atoms with Crippen molar-refractivity contribution in [2.24, 2.45) is 5.10 Å². The minimum Gasteiger partial charge on any atom is -0.497 e. The van der Waals surface area contributed by atoms with Gasteiger partial charge in [0.15, 0.2) is 0 Å². The quantitative estimate of drug-likeness (QED) is 0.333. The molecule has 0 bridgehead atoms. The third kappa shape index (κ3) is 6.49. The molecule has 0 aromatic heterocycles. The zero-order chi connectivity index (χ0) is 24.6. The van der Waals surface area contributed by atoms with Gasteiger partial charge in [-0.2, -0.15) is 5.10 Å². The van der Waals surface area contributed by atoms with Gasteiger partial charge < -0.3 is 9.47 Å². The predicted molar refractivity (Wildman–Crippen MR) is 132 cm³/mol. The summed E-state index contributed by atoms with van der Waals surface area (Å²) in [5.74, 6) is 0.624. The smallest absolute Gasteiger partial charge is 0.264 e. The lowest BCUT2D eigenvalue weighted by molar-refractivity contribution is -0.119. The molecule has 10 heteroatoms. The van der Waals surface area contributed by atoms with Crippen molar-refractivity contribution < 1.29 is 22.7 Å². The van der Waals surface area contributed by atoms with Crippen LogP contribution in [0.1, 0.15) is 12.5 Å². The molecule has 1 amide bonds. The van der Waals surface area contributed by atoms with E-state index in [0.717, 1.165) is 15.6 Å². The second-order valence-electron chi connectivity index (χ2n) is 6.96. The standard InChI is InChI=1S/C24H24ClN3O5S/c1-3-33-22-10-4-18(5-11-22)16-26-27-24(29)17-28(20-8-6-19(25)7-9-20)34(30,31)23-14-12-21(32-2)13-15-23/h4-16H,3,17H2,1-2H3,(H,27,29)/b26-16-. The van der Waals surface area contributed by atoms with Gasteiger partial charge in [0.05, 0.1) is 30.5 Å². The molecule has 3 rings (SSSR count). The van der Waals surface area contributed by atoms with Crippen LogP contribution in [0.25, 0.3) is 0 Å². The number of sulfonamides is 1. The Morgan fingerprint density at radius 3 is 2.21 bits per heavy atom. The third-order valence-corrected chi connectivity index (χ3v) is 6.68. The van der Waals surface area contributed by atoms with Gasteiger partial charge in [-0.3, -0.25) is 9.10 Å². The van der Waals surface area contributed by atoms with Crippen LogP contribution < -0.4 is 19.2 Å². The Balaban J connectivity index is 1.78. The third-order valence-electron chi connectivity index (χ3n) is 4.64. The number of ether oxygens (including phenoxy) is 2. The number of carbonyl (C=O) groups is 1. The maximum atomic E-state index is 13.4. The number of hydrogen-bond acceptors (Lipinski definition) is 6. The fourth-order valence-electron chi connectivity index (χ4n) is 2.96. The molecular weight excluding hydrogens is 478 g/mol. The van der Waals surface area contributed by atoms with Crippen molar-refractivity contribution in [3.8, 4) is 11.5 Å². The molecule has 0 aliphatic carbocycles. The summed E-state index contributed by atoms with van der Waals surface area (Å²) in [6, 6.07) is 19.2. The van der Waals surface area contributed by atoms with Crippen LogP contribution in [-0.2, 0) is 14.8 Å². The number of benzene rings is 3. The van der Waals surface area contributed by atoms with Gasteiger partial charge in [0.1, 0.15) is 18.0 Å². The number of hydrazone groups is 1. The average Bonchev–Trinajstić information content (AvgIpc) is 2.84. The zero-order valence-electron chi connectivity index (χ0n) is 18.6. The van der Waals surface area contributed by atoms with E-state index in [0.29, 0.717) is 17.4 Å². The van der Waals surface area contributed by atoms with Gasteiger partial charge in [0.2, 0.25) is 0 Å². The van der Waals surface area contributed by atoms with E-state index >= 15 is 0 Å². The number of nitrogens with one attached hydrogen (secondary N) is 1. The highest BCUT2D eigenvalue weighted by atomic mass is 35.5. The first-order valence-corrected chi connectivity index (χ1v) is 12.1. The van der Waals surface area contributed by atoms with Gasteiger partial charge in [-0.05, 0) is 85.3 Å². The molecule has 0 heterocycles. The summed E-state index contributed by atoms with van der Waals surface area (Å²) in [6.45, 7) is 1.97. The van der Waals surface area contributed by atoms with Gasteiger partial charge in [0.25, 0.3) is 15.9 Å². The van der Waals surface area contributed by atoms with Crippen molar-refractivity contribution in [1.29, 1.82) is 0 Å². The topological polar surface area (TPSA) is 97.3 Å². The summed E-state index contributed by atoms with van der Waals surface area (Å²) in [4.78, 5) is 12.6. The maximum absolute atomic E-state index is 13.4. The number of nitrogens with zero attached hydrogens (tertiary/aromatic N) is 2. The van der Waals surface area contributed by atoms with Crippen LogP contribution in [0.3, 0.4) is 0 Å². The first-order valence-electron chi connectivity index (χ1n) is 10.3. The maximum Gasteiger partial charge on any atom is 0.264 e. The van der Waals surface area contributed by atoms with E-state index in [1.807, 2.05) is 6.92 Å². The summed E-state index contributed by atoms with van der Waals surface area (Å²) in [5.41, 5.74) is 3.39. The van der Waals surface area contributed by atoms with Crippen LogP contribution in [-0.4, -0.2) is 40.8 Å². The fraction of sp³-hybridized carbons (Fsp3) is 0.167. The highest BCUT2D eigenvalue weighted by molar-refractivity contribution is 7.92. The van der Waals surface area contributed by atoms with Crippen LogP contribution in [0.2, 0.25) is 5.02 Å². The summed E-state index contributed by atoms with van der Waals surface area (Å²) >= 11 is 5.95.